The first-order valence-electron chi connectivity index (χ1n) is 8.58. The van der Waals surface area contributed by atoms with Crippen molar-refractivity contribution in [2.45, 2.75) is 25.7 Å². The number of carbonyl (C=O) groups is 1. The summed E-state index contributed by atoms with van der Waals surface area (Å²) in [4.78, 5) is 18.7. The SMILES string of the molecule is Cc1ccc(C)c(S(=O)(=O)N2CCN(C(=O)c3ccc(C)nc3)CC2)c1. The third-order valence-corrected chi connectivity index (χ3v) is 6.69. The average Bonchev–Trinajstić information content (AvgIpc) is 2.64. The maximum absolute atomic E-state index is 13.0. The number of aromatic nitrogens is 1. The van der Waals surface area contributed by atoms with E-state index in [-0.39, 0.29) is 5.91 Å². The first-order chi connectivity index (χ1) is 12.3. The molecule has 1 amide bonds. The molecule has 7 heteroatoms. The van der Waals surface area contributed by atoms with Crippen molar-refractivity contribution in [3.8, 4) is 0 Å². The fraction of sp³-hybridized carbons (Fsp3) is 0.368. The minimum Gasteiger partial charge on any atom is -0.336 e. The average molecular weight is 373 g/mol. The van der Waals surface area contributed by atoms with E-state index in [1.54, 1.807) is 36.2 Å². The summed E-state index contributed by atoms with van der Waals surface area (Å²) in [5, 5.41) is 0. The molecule has 2 aromatic rings. The summed E-state index contributed by atoms with van der Waals surface area (Å²) in [6.45, 7) is 6.88. The zero-order valence-electron chi connectivity index (χ0n) is 15.3. The normalized spacial score (nSPS) is 15.9. The highest BCUT2D eigenvalue weighted by Gasteiger charge is 2.31. The standard InChI is InChI=1S/C19H23N3O3S/c1-14-4-5-15(2)18(12-14)26(24,25)22-10-8-21(9-11-22)19(23)17-7-6-16(3)20-13-17/h4-7,12-13H,8-11H2,1-3H3. The molecule has 0 bridgehead atoms. The van der Waals surface area contributed by atoms with Gasteiger partial charge in [-0.05, 0) is 50.1 Å². The van der Waals surface area contributed by atoms with Crippen molar-refractivity contribution in [3.05, 3.63) is 58.9 Å². The highest BCUT2D eigenvalue weighted by Crippen LogP contribution is 2.22. The van der Waals surface area contributed by atoms with Gasteiger partial charge in [-0.3, -0.25) is 9.78 Å². The fourth-order valence-electron chi connectivity index (χ4n) is 3.03. The van der Waals surface area contributed by atoms with Crippen LogP contribution in [0.15, 0.2) is 41.4 Å². The number of nitrogens with zero attached hydrogens (tertiary/aromatic N) is 3. The Hall–Kier alpha value is -2.25. The zero-order chi connectivity index (χ0) is 18.9. The van der Waals surface area contributed by atoms with E-state index in [2.05, 4.69) is 4.98 Å². The number of piperazine rings is 1. The van der Waals surface area contributed by atoms with E-state index < -0.39 is 10.0 Å². The van der Waals surface area contributed by atoms with Crippen LogP contribution in [0.4, 0.5) is 0 Å². The molecule has 6 nitrogen and oxygen atoms in total. The van der Waals surface area contributed by atoms with Crippen molar-refractivity contribution in [2.75, 3.05) is 26.2 Å². The van der Waals surface area contributed by atoms with Crippen molar-refractivity contribution in [3.63, 3.8) is 0 Å². The molecule has 1 saturated heterocycles. The third-order valence-electron chi connectivity index (χ3n) is 4.65. The van der Waals surface area contributed by atoms with E-state index >= 15 is 0 Å². The predicted molar refractivity (Wildman–Crippen MR) is 99.6 cm³/mol. The zero-order valence-corrected chi connectivity index (χ0v) is 16.1. The molecule has 1 aromatic heterocycles. The molecule has 0 aliphatic carbocycles. The topological polar surface area (TPSA) is 70.6 Å². The Kier molecular flexibility index (Phi) is 5.11. The predicted octanol–water partition coefficient (Wildman–Crippen LogP) is 2.15. The van der Waals surface area contributed by atoms with Gasteiger partial charge in [-0.1, -0.05) is 12.1 Å². The maximum Gasteiger partial charge on any atom is 0.255 e. The first kappa shape index (κ1) is 18.5. The van der Waals surface area contributed by atoms with Crippen LogP contribution in [0.5, 0.6) is 0 Å². The Bertz CT molecular complexity index is 916. The monoisotopic (exact) mass is 373 g/mol. The minimum atomic E-state index is -3.55. The van der Waals surface area contributed by atoms with E-state index in [0.29, 0.717) is 36.6 Å². The molecule has 3 rings (SSSR count). The molecule has 0 N–H and O–H groups in total. The Morgan fingerprint density at radius 3 is 2.31 bits per heavy atom. The Labute approximate surface area is 154 Å². The highest BCUT2D eigenvalue weighted by atomic mass is 32.2. The molecule has 1 aliphatic rings. The number of benzene rings is 1. The molecular formula is C19H23N3O3S. The van der Waals surface area contributed by atoms with E-state index in [1.165, 1.54) is 4.31 Å². The summed E-state index contributed by atoms with van der Waals surface area (Å²) < 4.78 is 27.4. The van der Waals surface area contributed by atoms with Crippen molar-refractivity contribution >= 4 is 15.9 Å². The number of pyridine rings is 1. The Morgan fingerprint density at radius 1 is 1.00 bits per heavy atom. The van der Waals surface area contributed by atoms with Crippen molar-refractivity contribution in [1.82, 2.24) is 14.2 Å². The van der Waals surface area contributed by atoms with Crippen LogP contribution in [-0.4, -0.2) is 54.7 Å². The largest absolute Gasteiger partial charge is 0.336 e. The molecule has 0 saturated carbocycles. The van der Waals surface area contributed by atoms with Crippen LogP contribution in [0, 0.1) is 20.8 Å². The summed E-state index contributed by atoms with van der Waals surface area (Å²) in [7, 11) is -3.55. The minimum absolute atomic E-state index is 0.110. The molecule has 0 radical (unpaired) electrons. The van der Waals surface area contributed by atoms with Gasteiger partial charge < -0.3 is 4.90 Å². The van der Waals surface area contributed by atoms with Crippen LogP contribution >= 0.6 is 0 Å². The molecule has 26 heavy (non-hydrogen) atoms. The number of sulfonamides is 1. The lowest BCUT2D eigenvalue weighted by atomic mass is 10.2. The van der Waals surface area contributed by atoms with Gasteiger partial charge >= 0.3 is 0 Å². The fourth-order valence-corrected chi connectivity index (χ4v) is 4.76. The molecule has 1 fully saturated rings. The van der Waals surface area contributed by atoms with E-state index in [0.717, 1.165) is 16.8 Å². The summed E-state index contributed by atoms with van der Waals surface area (Å²) in [6, 6.07) is 8.99. The van der Waals surface area contributed by atoms with Gasteiger partial charge in [-0.25, -0.2) is 8.42 Å². The van der Waals surface area contributed by atoms with Gasteiger partial charge in [0.1, 0.15) is 0 Å². The van der Waals surface area contributed by atoms with Crippen LogP contribution < -0.4 is 0 Å². The van der Waals surface area contributed by atoms with Crippen molar-refractivity contribution in [2.24, 2.45) is 0 Å². The second-order valence-electron chi connectivity index (χ2n) is 6.65. The van der Waals surface area contributed by atoms with Gasteiger partial charge in [-0.15, -0.1) is 0 Å². The summed E-state index contributed by atoms with van der Waals surface area (Å²) in [5.41, 5.74) is 3.03. The molecule has 1 aliphatic heterocycles. The molecule has 0 unspecified atom stereocenters. The summed E-state index contributed by atoms with van der Waals surface area (Å²) >= 11 is 0. The maximum atomic E-state index is 13.0. The molecular weight excluding hydrogens is 350 g/mol. The quantitative estimate of drug-likeness (QED) is 0.827. The number of amides is 1. The number of aryl methyl sites for hydroxylation is 3. The lowest BCUT2D eigenvalue weighted by Crippen LogP contribution is -2.50. The molecule has 138 valence electrons. The lowest BCUT2D eigenvalue weighted by molar-refractivity contribution is 0.0697. The number of rotatable bonds is 3. The van der Waals surface area contributed by atoms with Gasteiger partial charge in [0.05, 0.1) is 10.5 Å². The van der Waals surface area contributed by atoms with Crippen LogP contribution in [0.2, 0.25) is 0 Å². The highest BCUT2D eigenvalue weighted by molar-refractivity contribution is 7.89. The number of hydrogen-bond acceptors (Lipinski definition) is 4. The van der Waals surface area contributed by atoms with E-state index in [1.807, 2.05) is 26.0 Å². The summed E-state index contributed by atoms with van der Waals surface area (Å²) in [5.74, 6) is -0.110. The molecule has 0 spiro atoms. The van der Waals surface area contributed by atoms with Gasteiger partial charge in [0, 0.05) is 38.1 Å². The molecule has 1 aromatic carbocycles. The van der Waals surface area contributed by atoms with E-state index in [9.17, 15) is 13.2 Å². The number of hydrogen-bond donors (Lipinski definition) is 0. The van der Waals surface area contributed by atoms with Gasteiger partial charge in [0.15, 0.2) is 0 Å². The second kappa shape index (κ2) is 7.17. The molecule has 0 atom stereocenters. The second-order valence-corrected chi connectivity index (χ2v) is 8.56. The first-order valence-corrected chi connectivity index (χ1v) is 10.0. The van der Waals surface area contributed by atoms with Gasteiger partial charge in [0.25, 0.3) is 5.91 Å². The number of carbonyl (C=O) groups excluding carboxylic acids is 1. The smallest absolute Gasteiger partial charge is 0.255 e. The lowest BCUT2D eigenvalue weighted by Gasteiger charge is -2.34. The van der Waals surface area contributed by atoms with E-state index in [4.69, 9.17) is 0 Å². The van der Waals surface area contributed by atoms with Crippen LogP contribution in [0.3, 0.4) is 0 Å². The van der Waals surface area contributed by atoms with Gasteiger partial charge in [-0.2, -0.15) is 4.31 Å². The third kappa shape index (κ3) is 3.64. The molecule has 2 heterocycles. The van der Waals surface area contributed by atoms with Gasteiger partial charge in [0.2, 0.25) is 10.0 Å². The Morgan fingerprint density at radius 2 is 1.69 bits per heavy atom. The van der Waals surface area contributed by atoms with Crippen LogP contribution in [-0.2, 0) is 10.0 Å². The van der Waals surface area contributed by atoms with Crippen LogP contribution in [0.25, 0.3) is 0 Å². The van der Waals surface area contributed by atoms with Crippen molar-refractivity contribution in [1.29, 1.82) is 0 Å². The summed E-state index contributed by atoms with van der Waals surface area (Å²) in [6.07, 6.45) is 1.57. The Balaban J connectivity index is 1.72. The van der Waals surface area contributed by atoms with Crippen molar-refractivity contribution < 1.29 is 13.2 Å². The van der Waals surface area contributed by atoms with Crippen LogP contribution in [0.1, 0.15) is 27.2 Å².